The summed E-state index contributed by atoms with van der Waals surface area (Å²) in [5, 5.41) is 8.85. The minimum atomic E-state index is -0.737. The Balaban J connectivity index is 1.98. The molecular weight excluding hydrogens is 313 g/mol. The number of nitrogens with zero attached hydrogens (tertiary/aromatic N) is 1. The van der Waals surface area contributed by atoms with Crippen LogP contribution in [0.2, 0.25) is 0 Å². The van der Waals surface area contributed by atoms with Crippen molar-refractivity contribution >= 4 is 21.9 Å². The van der Waals surface area contributed by atoms with Gasteiger partial charge in [0, 0.05) is 24.0 Å². The largest absolute Gasteiger partial charge is 0.481 e. The van der Waals surface area contributed by atoms with Crippen LogP contribution >= 0.6 is 15.9 Å². The SMILES string of the molecule is O=C(O)CC1CCCN(Cc2cc(F)ccc2Br)C1. The molecule has 1 aliphatic heterocycles. The number of hydrogen-bond donors (Lipinski definition) is 1. The fourth-order valence-corrected chi connectivity index (χ4v) is 2.99. The van der Waals surface area contributed by atoms with Gasteiger partial charge in [-0.1, -0.05) is 15.9 Å². The number of rotatable bonds is 4. The molecule has 5 heteroatoms. The smallest absolute Gasteiger partial charge is 0.303 e. The highest BCUT2D eigenvalue weighted by Gasteiger charge is 2.22. The van der Waals surface area contributed by atoms with E-state index < -0.39 is 5.97 Å². The van der Waals surface area contributed by atoms with Crippen LogP contribution in [-0.4, -0.2) is 29.1 Å². The van der Waals surface area contributed by atoms with E-state index in [2.05, 4.69) is 20.8 Å². The predicted octanol–water partition coefficient (Wildman–Crippen LogP) is 3.27. The summed E-state index contributed by atoms with van der Waals surface area (Å²) in [5.74, 6) is -0.769. The van der Waals surface area contributed by atoms with Gasteiger partial charge < -0.3 is 5.11 Å². The van der Waals surface area contributed by atoms with Crippen LogP contribution in [0.25, 0.3) is 0 Å². The van der Waals surface area contributed by atoms with Gasteiger partial charge in [0.15, 0.2) is 0 Å². The zero-order valence-electron chi connectivity index (χ0n) is 10.6. The van der Waals surface area contributed by atoms with E-state index >= 15 is 0 Å². The number of hydrogen-bond acceptors (Lipinski definition) is 2. The molecule has 1 fully saturated rings. The number of halogens is 2. The molecule has 0 radical (unpaired) electrons. The van der Waals surface area contributed by atoms with E-state index in [0.29, 0.717) is 6.54 Å². The fourth-order valence-electron chi connectivity index (χ4n) is 2.61. The first-order chi connectivity index (χ1) is 9.04. The van der Waals surface area contributed by atoms with Crippen molar-refractivity contribution in [3.63, 3.8) is 0 Å². The summed E-state index contributed by atoms with van der Waals surface area (Å²) in [7, 11) is 0. The molecule has 0 saturated carbocycles. The number of likely N-dealkylation sites (tertiary alicyclic amines) is 1. The zero-order chi connectivity index (χ0) is 13.8. The molecule has 1 aromatic carbocycles. The Morgan fingerprint density at radius 1 is 1.53 bits per heavy atom. The van der Waals surface area contributed by atoms with Crippen LogP contribution in [0.4, 0.5) is 4.39 Å². The number of aliphatic carboxylic acids is 1. The van der Waals surface area contributed by atoms with Gasteiger partial charge in [0.1, 0.15) is 5.82 Å². The van der Waals surface area contributed by atoms with Crippen molar-refractivity contribution in [3.8, 4) is 0 Å². The highest BCUT2D eigenvalue weighted by Crippen LogP contribution is 2.24. The van der Waals surface area contributed by atoms with Gasteiger partial charge in [-0.2, -0.15) is 0 Å². The maximum absolute atomic E-state index is 13.2. The maximum atomic E-state index is 13.2. The number of piperidine rings is 1. The Kier molecular flexibility index (Phi) is 4.93. The van der Waals surface area contributed by atoms with Crippen molar-refractivity contribution in [1.29, 1.82) is 0 Å². The summed E-state index contributed by atoms with van der Waals surface area (Å²) < 4.78 is 14.1. The third-order valence-electron chi connectivity index (χ3n) is 3.47. The van der Waals surface area contributed by atoms with Crippen LogP contribution in [0, 0.1) is 11.7 Å². The lowest BCUT2D eigenvalue weighted by Crippen LogP contribution is -2.35. The topological polar surface area (TPSA) is 40.5 Å². The van der Waals surface area contributed by atoms with Gasteiger partial charge in [-0.05, 0) is 49.1 Å². The molecule has 0 aliphatic carbocycles. The highest BCUT2D eigenvalue weighted by atomic mass is 79.9. The number of carbonyl (C=O) groups is 1. The molecule has 0 spiro atoms. The Morgan fingerprint density at radius 3 is 3.05 bits per heavy atom. The normalized spacial score (nSPS) is 20.4. The van der Waals surface area contributed by atoms with Crippen molar-refractivity contribution in [1.82, 2.24) is 4.90 Å². The Morgan fingerprint density at radius 2 is 2.32 bits per heavy atom. The first-order valence-electron chi connectivity index (χ1n) is 6.42. The Labute approximate surface area is 120 Å². The molecule has 1 aromatic rings. The summed E-state index contributed by atoms with van der Waals surface area (Å²) in [6, 6.07) is 4.67. The maximum Gasteiger partial charge on any atom is 0.303 e. The number of benzene rings is 1. The first kappa shape index (κ1) is 14.5. The monoisotopic (exact) mass is 329 g/mol. The lowest BCUT2D eigenvalue weighted by atomic mass is 9.94. The van der Waals surface area contributed by atoms with Gasteiger partial charge >= 0.3 is 5.97 Å². The first-order valence-corrected chi connectivity index (χ1v) is 7.22. The molecular formula is C14H17BrFNO2. The average Bonchev–Trinajstić information content (AvgIpc) is 2.33. The molecule has 0 amide bonds. The predicted molar refractivity (Wildman–Crippen MR) is 74.4 cm³/mol. The van der Waals surface area contributed by atoms with E-state index in [0.717, 1.165) is 36.0 Å². The molecule has 1 N–H and O–H groups in total. The van der Waals surface area contributed by atoms with Crippen molar-refractivity contribution < 1.29 is 14.3 Å². The van der Waals surface area contributed by atoms with Gasteiger partial charge in [0.2, 0.25) is 0 Å². The second-order valence-electron chi connectivity index (χ2n) is 5.08. The molecule has 19 heavy (non-hydrogen) atoms. The summed E-state index contributed by atoms with van der Waals surface area (Å²) >= 11 is 3.43. The zero-order valence-corrected chi connectivity index (χ0v) is 12.2. The van der Waals surface area contributed by atoms with E-state index in [1.165, 1.54) is 12.1 Å². The average molecular weight is 330 g/mol. The van der Waals surface area contributed by atoms with Crippen LogP contribution in [0.15, 0.2) is 22.7 Å². The van der Waals surface area contributed by atoms with E-state index in [-0.39, 0.29) is 18.2 Å². The standard InChI is InChI=1S/C14H17BrFNO2/c15-13-4-3-12(16)7-11(13)9-17-5-1-2-10(8-17)6-14(18)19/h3-4,7,10H,1-2,5-6,8-9H2,(H,18,19). The van der Waals surface area contributed by atoms with Gasteiger partial charge in [0.25, 0.3) is 0 Å². The van der Waals surface area contributed by atoms with Crippen LogP contribution < -0.4 is 0 Å². The molecule has 3 nitrogen and oxygen atoms in total. The second-order valence-corrected chi connectivity index (χ2v) is 5.93. The molecule has 2 rings (SSSR count). The van der Waals surface area contributed by atoms with E-state index in [4.69, 9.17) is 5.11 Å². The molecule has 1 atom stereocenters. The van der Waals surface area contributed by atoms with Gasteiger partial charge in [0.05, 0.1) is 0 Å². The second kappa shape index (κ2) is 6.48. The number of carboxylic acids is 1. The highest BCUT2D eigenvalue weighted by molar-refractivity contribution is 9.10. The summed E-state index contributed by atoms with van der Waals surface area (Å²) in [4.78, 5) is 13.0. The van der Waals surface area contributed by atoms with Gasteiger partial charge in [-0.25, -0.2) is 4.39 Å². The van der Waals surface area contributed by atoms with Crippen molar-refractivity contribution in [2.24, 2.45) is 5.92 Å². The molecule has 0 bridgehead atoms. The summed E-state index contributed by atoms with van der Waals surface area (Å²) in [5.41, 5.74) is 0.913. The van der Waals surface area contributed by atoms with E-state index in [9.17, 15) is 9.18 Å². The molecule has 1 aliphatic rings. The Bertz CT molecular complexity index is 467. The summed E-state index contributed by atoms with van der Waals surface area (Å²) in [6.07, 6.45) is 2.19. The van der Waals surface area contributed by atoms with Crippen LogP contribution in [0.1, 0.15) is 24.8 Å². The molecule has 1 unspecified atom stereocenters. The third kappa shape index (κ3) is 4.28. The molecule has 0 aromatic heterocycles. The lowest BCUT2D eigenvalue weighted by molar-refractivity contribution is -0.138. The molecule has 1 saturated heterocycles. The van der Waals surface area contributed by atoms with Gasteiger partial charge in [-0.3, -0.25) is 9.69 Å². The van der Waals surface area contributed by atoms with E-state index in [1.807, 2.05) is 0 Å². The van der Waals surface area contributed by atoms with Crippen LogP contribution in [-0.2, 0) is 11.3 Å². The minimum Gasteiger partial charge on any atom is -0.481 e. The lowest BCUT2D eigenvalue weighted by Gasteiger charge is -2.32. The van der Waals surface area contributed by atoms with Crippen molar-refractivity contribution in [3.05, 3.63) is 34.1 Å². The van der Waals surface area contributed by atoms with Crippen LogP contribution in [0.5, 0.6) is 0 Å². The minimum absolute atomic E-state index is 0.207. The van der Waals surface area contributed by atoms with Gasteiger partial charge in [-0.15, -0.1) is 0 Å². The van der Waals surface area contributed by atoms with Crippen molar-refractivity contribution in [2.45, 2.75) is 25.8 Å². The molecule has 1 heterocycles. The third-order valence-corrected chi connectivity index (χ3v) is 4.24. The van der Waals surface area contributed by atoms with Crippen LogP contribution in [0.3, 0.4) is 0 Å². The quantitative estimate of drug-likeness (QED) is 0.921. The number of carboxylic acid groups (broad SMARTS) is 1. The fraction of sp³-hybridized carbons (Fsp3) is 0.500. The van der Waals surface area contributed by atoms with Crippen molar-refractivity contribution in [2.75, 3.05) is 13.1 Å². The Hall–Kier alpha value is -0.940. The summed E-state index contributed by atoms with van der Waals surface area (Å²) in [6.45, 7) is 2.38. The van der Waals surface area contributed by atoms with E-state index in [1.54, 1.807) is 6.07 Å². The molecule has 104 valence electrons.